The summed E-state index contributed by atoms with van der Waals surface area (Å²) in [6, 6.07) is 7.12. The van der Waals surface area contributed by atoms with E-state index in [1.165, 1.54) is 30.4 Å². The lowest BCUT2D eigenvalue weighted by Crippen LogP contribution is -2.42. The lowest BCUT2D eigenvalue weighted by Gasteiger charge is -2.40. The van der Waals surface area contributed by atoms with Gasteiger partial charge < -0.3 is 5.73 Å². The number of benzene rings is 1. The Labute approximate surface area is 109 Å². The molecule has 0 aliphatic heterocycles. The molecule has 2 nitrogen and oxygen atoms in total. The van der Waals surface area contributed by atoms with Crippen molar-refractivity contribution in [2.24, 2.45) is 5.73 Å². The van der Waals surface area contributed by atoms with Crippen molar-refractivity contribution in [3.63, 3.8) is 0 Å². The standard InChI is InChI=1S/C14H21ClN2/c1-10-8-11(15)6-7-13(10)14(9-16)17(2)12-4-3-5-12/h6-8,12,14H,3-5,9,16H2,1-2H3. The number of nitrogens with zero attached hydrogens (tertiary/aromatic N) is 1. The van der Waals surface area contributed by atoms with Gasteiger partial charge in [0.25, 0.3) is 0 Å². The first-order valence-electron chi connectivity index (χ1n) is 6.31. The van der Waals surface area contributed by atoms with E-state index in [1.54, 1.807) is 0 Å². The van der Waals surface area contributed by atoms with Crippen LogP contribution >= 0.6 is 11.6 Å². The van der Waals surface area contributed by atoms with Gasteiger partial charge in [-0.05, 0) is 50.1 Å². The van der Waals surface area contributed by atoms with E-state index in [0.29, 0.717) is 18.6 Å². The third-order valence-electron chi connectivity index (χ3n) is 3.96. The average molecular weight is 253 g/mol. The minimum atomic E-state index is 0.317. The Bertz CT molecular complexity index is 388. The summed E-state index contributed by atoms with van der Waals surface area (Å²) in [6.07, 6.45) is 3.96. The molecule has 1 saturated carbocycles. The summed E-state index contributed by atoms with van der Waals surface area (Å²) in [6.45, 7) is 2.77. The molecule has 1 aromatic rings. The van der Waals surface area contributed by atoms with Crippen molar-refractivity contribution in [3.05, 3.63) is 34.3 Å². The van der Waals surface area contributed by atoms with E-state index in [0.717, 1.165) is 5.02 Å². The fourth-order valence-corrected chi connectivity index (χ4v) is 2.80. The first-order valence-corrected chi connectivity index (χ1v) is 6.69. The minimum Gasteiger partial charge on any atom is -0.329 e. The molecule has 0 heterocycles. The second-order valence-corrected chi connectivity index (χ2v) is 5.44. The van der Waals surface area contributed by atoms with Gasteiger partial charge in [-0.15, -0.1) is 0 Å². The molecule has 1 unspecified atom stereocenters. The molecule has 0 saturated heterocycles. The average Bonchev–Trinajstić information content (AvgIpc) is 2.19. The highest BCUT2D eigenvalue weighted by Crippen LogP contribution is 2.32. The highest BCUT2D eigenvalue weighted by Gasteiger charge is 2.28. The maximum atomic E-state index is 6.00. The fourth-order valence-electron chi connectivity index (χ4n) is 2.57. The molecule has 0 aromatic heterocycles. The number of likely N-dealkylation sites (N-methyl/N-ethyl adjacent to an activating group) is 1. The Balaban J connectivity index is 2.21. The van der Waals surface area contributed by atoms with Crippen LogP contribution in [0.4, 0.5) is 0 Å². The summed E-state index contributed by atoms with van der Waals surface area (Å²) >= 11 is 6.00. The van der Waals surface area contributed by atoms with E-state index in [2.05, 4.69) is 24.9 Å². The number of nitrogens with two attached hydrogens (primary N) is 1. The van der Waals surface area contributed by atoms with Crippen LogP contribution in [-0.2, 0) is 0 Å². The van der Waals surface area contributed by atoms with Gasteiger partial charge in [0, 0.05) is 23.7 Å². The molecular formula is C14H21ClN2. The van der Waals surface area contributed by atoms with Crippen LogP contribution in [-0.4, -0.2) is 24.5 Å². The van der Waals surface area contributed by atoms with Crippen LogP contribution in [0.25, 0.3) is 0 Å². The predicted octanol–water partition coefficient (Wildman–Crippen LogP) is 3.13. The van der Waals surface area contributed by atoms with Gasteiger partial charge in [0.2, 0.25) is 0 Å². The summed E-state index contributed by atoms with van der Waals surface area (Å²) in [5.41, 5.74) is 8.50. The summed E-state index contributed by atoms with van der Waals surface area (Å²) in [4.78, 5) is 2.43. The van der Waals surface area contributed by atoms with Crippen molar-refractivity contribution in [1.82, 2.24) is 4.90 Å². The van der Waals surface area contributed by atoms with Crippen molar-refractivity contribution in [1.29, 1.82) is 0 Å². The lowest BCUT2D eigenvalue weighted by atomic mass is 9.89. The van der Waals surface area contributed by atoms with Crippen LogP contribution in [0.2, 0.25) is 5.02 Å². The molecule has 1 aliphatic rings. The van der Waals surface area contributed by atoms with Gasteiger partial charge in [-0.3, -0.25) is 4.90 Å². The van der Waals surface area contributed by atoms with Gasteiger partial charge in [-0.1, -0.05) is 24.1 Å². The molecule has 0 bridgehead atoms. The molecule has 1 aromatic carbocycles. The molecule has 1 fully saturated rings. The predicted molar refractivity (Wildman–Crippen MR) is 73.4 cm³/mol. The molecule has 17 heavy (non-hydrogen) atoms. The molecule has 0 spiro atoms. The third kappa shape index (κ3) is 2.65. The summed E-state index contributed by atoms with van der Waals surface area (Å²) in [7, 11) is 2.19. The topological polar surface area (TPSA) is 29.3 Å². The number of hydrogen-bond acceptors (Lipinski definition) is 2. The van der Waals surface area contributed by atoms with Crippen LogP contribution in [0.1, 0.15) is 36.4 Å². The molecule has 94 valence electrons. The second kappa shape index (κ2) is 5.38. The Hall–Kier alpha value is -0.570. The first kappa shape index (κ1) is 12.9. The molecule has 1 aliphatic carbocycles. The molecule has 0 radical (unpaired) electrons. The van der Waals surface area contributed by atoms with Gasteiger partial charge in [0.05, 0.1) is 0 Å². The highest BCUT2D eigenvalue weighted by molar-refractivity contribution is 6.30. The quantitative estimate of drug-likeness (QED) is 0.892. The van der Waals surface area contributed by atoms with Gasteiger partial charge in [-0.25, -0.2) is 0 Å². The Morgan fingerprint density at radius 3 is 2.65 bits per heavy atom. The molecule has 1 atom stereocenters. The normalized spacial score (nSPS) is 18.2. The molecule has 2 rings (SSSR count). The van der Waals surface area contributed by atoms with E-state index in [4.69, 9.17) is 17.3 Å². The number of halogens is 1. The van der Waals surface area contributed by atoms with Crippen LogP contribution in [0.15, 0.2) is 18.2 Å². The van der Waals surface area contributed by atoms with Crippen molar-refractivity contribution >= 4 is 11.6 Å². The van der Waals surface area contributed by atoms with Gasteiger partial charge in [-0.2, -0.15) is 0 Å². The monoisotopic (exact) mass is 252 g/mol. The maximum absolute atomic E-state index is 6.00. The van der Waals surface area contributed by atoms with Crippen molar-refractivity contribution in [2.45, 2.75) is 38.3 Å². The zero-order valence-corrected chi connectivity index (χ0v) is 11.4. The van der Waals surface area contributed by atoms with Gasteiger partial charge in [0.1, 0.15) is 0 Å². The summed E-state index contributed by atoms with van der Waals surface area (Å²) < 4.78 is 0. The Morgan fingerprint density at radius 2 is 2.18 bits per heavy atom. The number of hydrogen-bond donors (Lipinski definition) is 1. The molecule has 0 amide bonds. The second-order valence-electron chi connectivity index (χ2n) is 5.00. The van der Waals surface area contributed by atoms with Crippen LogP contribution < -0.4 is 5.73 Å². The van der Waals surface area contributed by atoms with Crippen molar-refractivity contribution in [2.75, 3.05) is 13.6 Å². The molecular weight excluding hydrogens is 232 g/mol. The lowest BCUT2D eigenvalue weighted by molar-refractivity contribution is 0.113. The molecule has 2 N–H and O–H groups in total. The van der Waals surface area contributed by atoms with Crippen molar-refractivity contribution < 1.29 is 0 Å². The van der Waals surface area contributed by atoms with E-state index < -0.39 is 0 Å². The van der Waals surface area contributed by atoms with E-state index >= 15 is 0 Å². The fraction of sp³-hybridized carbons (Fsp3) is 0.571. The SMILES string of the molecule is Cc1cc(Cl)ccc1C(CN)N(C)C1CCC1. The largest absolute Gasteiger partial charge is 0.329 e. The highest BCUT2D eigenvalue weighted by atomic mass is 35.5. The smallest absolute Gasteiger partial charge is 0.0472 e. The van der Waals surface area contributed by atoms with Gasteiger partial charge >= 0.3 is 0 Å². The Kier molecular flexibility index (Phi) is 4.08. The first-order chi connectivity index (χ1) is 8.13. The zero-order chi connectivity index (χ0) is 12.4. The van der Waals surface area contributed by atoms with Crippen LogP contribution in [0, 0.1) is 6.92 Å². The van der Waals surface area contributed by atoms with Crippen LogP contribution in [0.5, 0.6) is 0 Å². The minimum absolute atomic E-state index is 0.317. The summed E-state index contributed by atoms with van der Waals surface area (Å²) in [5, 5.41) is 0.799. The van der Waals surface area contributed by atoms with Crippen molar-refractivity contribution in [3.8, 4) is 0 Å². The number of rotatable bonds is 4. The zero-order valence-electron chi connectivity index (χ0n) is 10.6. The summed E-state index contributed by atoms with van der Waals surface area (Å²) in [5.74, 6) is 0. The maximum Gasteiger partial charge on any atom is 0.0472 e. The Morgan fingerprint density at radius 1 is 1.47 bits per heavy atom. The van der Waals surface area contributed by atoms with E-state index in [1.807, 2.05) is 12.1 Å². The third-order valence-corrected chi connectivity index (χ3v) is 4.19. The van der Waals surface area contributed by atoms with Gasteiger partial charge in [0.15, 0.2) is 0 Å². The number of aryl methyl sites for hydroxylation is 1. The molecule has 3 heteroatoms. The van der Waals surface area contributed by atoms with E-state index in [9.17, 15) is 0 Å². The van der Waals surface area contributed by atoms with Crippen LogP contribution in [0.3, 0.4) is 0 Å². The van der Waals surface area contributed by atoms with E-state index in [-0.39, 0.29) is 0 Å².